The van der Waals surface area contributed by atoms with Crippen molar-refractivity contribution in [1.82, 2.24) is 5.32 Å². The number of amides is 1. The van der Waals surface area contributed by atoms with E-state index in [1.54, 1.807) is 13.1 Å². The second-order valence-electron chi connectivity index (χ2n) is 7.37. The maximum absolute atomic E-state index is 13.0. The Labute approximate surface area is 167 Å². The molecule has 1 aliphatic heterocycles. The van der Waals surface area contributed by atoms with Crippen LogP contribution in [-0.2, 0) is 0 Å². The zero-order valence-corrected chi connectivity index (χ0v) is 16.8. The van der Waals surface area contributed by atoms with Crippen molar-refractivity contribution in [3.8, 4) is 0 Å². The second-order valence-corrected chi connectivity index (χ2v) is 8.59. The minimum absolute atomic E-state index is 0.0610. The normalized spacial score (nSPS) is 23.4. The molecule has 28 heavy (non-hydrogen) atoms. The molecule has 2 aliphatic rings. The molecule has 0 unspecified atom stereocenters. The quantitative estimate of drug-likeness (QED) is 0.653. The highest BCUT2D eigenvalue weighted by Crippen LogP contribution is 2.38. The Hall–Kier alpha value is -1.77. The maximum Gasteiger partial charge on any atom is 0.391 e. The molecule has 1 saturated heterocycles. The number of rotatable bonds is 4. The van der Waals surface area contributed by atoms with E-state index in [4.69, 9.17) is 5.73 Å². The molecule has 2 fully saturated rings. The number of nitrogen functional groups attached to an aromatic ring is 1. The molecule has 0 bridgehead atoms. The van der Waals surface area contributed by atoms with E-state index in [2.05, 4.69) is 15.5 Å². The van der Waals surface area contributed by atoms with Crippen LogP contribution in [0.15, 0.2) is 12.1 Å². The summed E-state index contributed by atoms with van der Waals surface area (Å²) in [6.07, 6.45) is -3.34. The van der Waals surface area contributed by atoms with Crippen LogP contribution in [0.25, 0.3) is 0 Å². The van der Waals surface area contributed by atoms with Crippen molar-refractivity contribution < 1.29 is 18.0 Å². The van der Waals surface area contributed by atoms with Crippen LogP contribution < -0.4 is 21.3 Å². The summed E-state index contributed by atoms with van der Waals surface area (Å²) in [5.41, 5.74) is 8.62. The molecule has 1 aromatic carbocycles. The van der Waals surface area contributed by atoms with Crippen LogP contribution in [0.3, 0.4) is 0 Å². The first kappa shape index (κ1) is 21.0. The van der Waals surface area contributed by atoms with E-state index in [0.29, 0.717) is 24.1 Å². The molecular formula is C19H27F3N4OS. The topological polar surface area (TPSA) is 70.4 Å². The van der Waals surface area contributed by atoms with Gasteiger partial charge < -0.3 is 21.3 Å². The van der Waals surface area contributed by atoms with Gasteiger partial charge in [-0.2, -0.15) is 24.9 Å². The van der Waals surface area contributed by atoms with Gasteiger partial charge in [-0.1, -0.05) is 0 Å². The van der Waals surface area contributed by atoms with Gasteiger partial charge in [-0.25, -0.2) is 0 Å². The van der Waals surface area contributed by atoms with Gasteiger partial charge in [0.2, 0.25) is 0 Å². The number of nitrogens with zero attached hydrogens (tertiary/aromatic N) is 1. The summed E-state index contributed by atoms with van der Waals surface area (Å²) in [5, 5.41) is 5.98. The van der Waals surface area contributed by atoms with Crippen LogP contribution in [0.1, 0.15) is 36.0 Å². The number of hydrogen-bond acceptors (Lipinski definition) is 5. The van der Waals surface area contributed by atoms with E-state index >= 15 is 0 Å². The molecular weight excluding hydrogens is 389 g/mol. The van der Waals surface area contributed by atoms with E-state index in [0.717, 1.165) is 36.0 Å². The molecule has 9 heteroatoms. The van der Waals surface area contributed by atoms with Crippen LogP contribution in [0.2, 0.25) is 0 Å². The van der Waals surface area contributed by atoms with Crippen molar-refractivity contribution in [2.45, 2.75) is 37.9 Å². The van der Waals surface area contributed by atoms with Gasteiger partial charge in [0.25, 0.3) is 5.91 Å². The Morgan fingerprint density at radius 1 is 1.18 bits per heavy atom. The highest BCUT2D eigenvalue weighted by Gasteiger charge is 2.41. The molecule has 0 aromatic heterocycles. The maximum atomic E-state index is 13.0. The molecule has 0 spiro atoms. The minimum atomic E-state index is -4.15. The van der Waals surface area contributed by atoms with Crippen LogP contribution in [0.5, 0.6) is 0 Å². The third-order valence-electron chi connectivity index (χ3n) is 5.56. The highest BCUT2D eigenvalue weighted by atomic mass is 32.2. The second kappa shape index (κ2) is 8.71. The van der Waals surface area contributed by atoms with E-state index in [1.807, 2.05) is 17.8 Å². The summed E-state index contributed by atoms with van der Waals surface area (Å²) in [5.74, 6) is 0.453. The molecule has 0 atom stereocenters. The lowest BCUT2D eigenvalue weighted by Crippen LogP contribution is -2.41. The Bertz CT molecular complexity index is 699. The zero-order chi connectivity index (χ0) is 20.3. The summed E-state index contributed by atoms with van der Waals surface area (Å²) in [4.78, 5) is 15.1. The molecule has 156 valence electrons. The average Bonchev–Trinajstić information content (AvgIpc) is 2.68. The average molecular weight is 417 g/mol. The number of thioether (sulfide) groups is 1. The van der Waals surface area contributed by atoms with E-state index in [9.17, 15) is 18.0 Å². The fourth-order valence-corrected chi connectivity index (χ4v) is 4.80. The van der Waals surface area contributed by atoms with Gasteiger partial charge in [-0.05, 0) is 37.8 Å². The molecule has 1 saturated carbocycles. The highest BCUT2D eigenvalue weighted by molar-refractivity contribution is 7.99. The predicted molar refractivity (Wildman–Crippen MR) is 109 cm³/mol. The minimum Gasteiger partial charge on any atom is -0.397 e. The fourth-order valence-electron chi connectivity index (χ4n) is 3.90. The van der Waals surface area contributed by atoms with Crippen LogP contribution in [-0.4, -0.2) is 49.8 Å². The Balaban J connectivity index is 1.74. The number of halogens is 3. The summed E-state index contributed by atoms with van der Waals surface area (Å²) >= 11 is 1.88. The number of nitrogens with two attached hydrogens (primary N) is 1. The molecule has 5 nitrogen and oxygen atoms in total. The standard InChI is InChI=1S/C19H27F3N4OS/c1-24-16-11-17(26-6-8-28-9-7-26)14(10-15(16)23)18(27)25-13-4-2-12(3-5-13)19(20,21)22/h10-13,24H,2-9,23H2,1H3,(H,25,27). The van der Waals surface area contributed by atoms with Gasteiger partial charge in [0.1, 0.15) is 0 Å². The van der Waals surface area contributed by atoms with Crippen molar-refractivity contribution in [3.05, 3.63) is 17.7 Å². The van der Waals surface area contributed by atoms with Crippen molar-refractivity contribution in [2.24, 2.45) is 5.92 Å². The van der Waals surface area contributed by atoms with Gasteiger partial charge in [0, 0.05) is 37.7 Å². The third-order valence-corrected chi connectivity index (χ3v) is 6.50. The zero-order valence-electron chi connectivity index (χ0n) is 15.9. The lowest BCUT2D eigenvalue weighted by molar-refractivity contribution is -0.182. The molecule has 3 rings (SSSR count). The van der Waals surface area contributed by atoms with Crippen LogP contribution in [0.4, 0.5) is 30.2 Å². The van der Waals surface area contributed by atoms with Crippen molar-refractivity contribution in [2.75, 3.05) is 47.6 Å². The number of nitrogens with one attached hydrogen (secondary N) is 2. The van der Waals surface area contributed by atoms with Gasteiger partial charge in [0.15, 0.2) is 0 Å². The van der Waals surface area contributed by atoms with Crippen LogP contribution >= 0.6 is 11.8 Å². The van der Waals surface area contributed by atoms with Gasteiger partial charge in [-0.3, -0.25) is 4.79 Å². The van der Waals surface area contributed by atoms with Gasteiger partial charge in [0.05, 0.1) is 28.5 Å². The predicted octanol–water partition coefficient (Wildman–Crippen LogP) is 3.71. The Morgan fingerprint density at radius 3 is 2.39 bits per heavy atom. The monoisotopic (exact) mass is 416 g/mol. The first-order chi connectivity index (χ1) is 13.3. The molecule has 1 heterocycles. The number of carbonyl (C=O) groups excluding carboxylic acids is 1. The third kappa shape index (κ3) is 4.79. The lowest BCUT2D eigenvalue weighted by atomic mass is 9.85. The summed E-state index contributed by atoms with van der Waals surface area (Å²) in [7, 11) is 1.78. The summed E-state index contributed by atoms with van der Waals surface area (Å²) in [6.45, 7) is 1.68. The van der Waals surface area contributed by atoms with E-state index < -0.39 is 12.1 Å². The first-order valence-corrected chi connectivity index (χ1v) is 10.8. The van der Waals surface area contributed by atoms with Crippen molar-refractivity contribution in [3.63, 3.8) is 0 Å². The number of carbonyl (C=O) groups is 1. The van der Waals surface area contributed by atoms with Crippen molar-refractivity contribution in [1.29, 1.82) is 0 Å². The molecule has 4 N–H and O–H groups in total. The lowest BCUT2D eigenvalue weighted by Gasteiger charge is -2.32. The largest absolute Gasteiger partial charge is 0.397 e. The SMILES string of the molecule is CNc1cc(N2CCSCC2)c(C(=O)NC2CCC(C(F)(F)F)CC2)cc1N. The number of alkyl halides is 3. The number of hydrogen-bond donors (Lipinski definition) is 3. The Kier molecular flexibility index (Phi) is 6.52. The van der Waals surface area contributed by atoms with Gasteiger partial charge >= 0.3 is 6.18 Å². The summed E-state index contributed by atoms with van der Waals surface area (Å²) < 4.78 is 38.6. The molecule has 0 radical (unpaired) electrons. The molecule has 1 aromatic rings. The van der Waals surface area contributed by atoms with E-state index in [1.165, 1.54) is 0 Å². The Morgan fingerprint density at radius 2 is 1.82 bits per heavy atom. The fraction of sp³-hybridized carbons (Fsp3) is 0.632. The first-order valence-electron chi connectivity index (χ1n) is 9.61. The summed E-state index contributed by atoms with van der Waals surface area (Å²) in [6, 6.07) is 3.32. The molecule has 1 amide bonds. The number of anilines is 3. The number of benzene rings is 1. The van der Waals surface area contributed by atoms with E-state index in [-0.39, 0.29) is 24.8 Å². The smallest absolute Gasteiger partial charge is 0.391 e. The molecule has 1 aliphatic carbocycles. The van der Waals surface area contributed by atoms with Gasteiger partial charge in [-0.15, -0.1) is 0 Å². The van der Waals surface area contributed by atoms with Crippen molar-refractivity contribution >= 4 is 34.7 Å². The van der Waals surface area contributed by atoms with Crippen LogP contribution in [0, 0.1) is 5.92 Å².